The molecule has 4 nitrogen and oxygen atoms in total. The molecular formula is C50H62IrNO3S-. The van der Waals surface area contributed by atoms with Gasteiger partial charge >= 0.3 is 0 Å². The summed E-state index contributed by atoms with van der Waals surface area (Å²) in [7, 11) is 0. The first-order valence-electron chi connectivity index (χ1n) is 20.2. The van der Waals surface area contributed by atoms with Crippen LogP contribution in [0.2, 0.25) is 0 Å². The van der Waals surface area contributed by atoms with Crippen molar-refractivity contribution in [2.75, 3.05) is 0 Å². The molecule has 6 rings (SSSR count). The number of aliphatic hydroxyl groups excluding tert-OH is 1. The fraction of sp³-hybridized carbons (Fsp3) is 0.440. The summed E-state index contributed by atoms with van der Waals surface area (Å²) < 4.78 is 7.57. The van der Waals surface area contributed by atoms with Crippen LogP contribution in [-0.4, -0.2) is 15.9 Å². The van der Waals surface area contributed by atoms with Crippen molar-refractivity contribution in [3.8, 4) is 21.7 Å². The van der Waals surface area contributed by atoms with Crippen molar-refractivity contribution in [2.24, 2.45) is 16.7 Å². The van der Waals surface area contributed by atoms with Crippen LogP contribution in [0.15, 0.2) is 77.0 Å². The van der Waals surface area contributed by atoms with Gasteiger partial charge in [-0.05, 0) is 79.5 Å². The zero-order valence-electron chi connectivity index (χ0n) is 35.9. The molecule has 6 aromatic rings. The number of aromatic nitrogens is 1. The van der Waals surface area contributed by atoms with Crippen molar-refractivity contribution in [1.82, 2.24) is 4.98 Å². The molecule has 0 unspecified atom stereocenters. The number of carbonyl (C=O) groups excluding carboxylic acids is 1. The number of furan rings is 1. The van der Waals surface area contributed by atoms with E-state index in [1.165, 1.54) is 54.1 Å². The molecule has 0 aliphatic rings. The molecule has 3 aromatic heterocycles. The Balaban J connectivity index is 0.000000330. The minimum absolute atomic E-state index is 0. The van der Waals surface area contributed by atoms with Crippen LogP contribution >= 0.6 is 11.3 Å². The van der Waals surface area contributed by atoms with E-state index in [-0.39, 0.29) is 47.9 Å². The average molecular weight is 949 g/mol. The molecule has 1 N–H and O–H groups in total. The molecule has 56 heavy (non-hydrogen) atoms. The smallest absolute Gasteiger partial charge is 0.164 e. The van der Waals surface area contributed by atoms with Crippen LogP contribution in [-0.2, 0) is 36.7 Å². The van der Waals surface area contributed by atoms with Gasteiger partial charge in [-0.25, -0.2) is 0 Å². The van der Waals surface area contributed by atoms with Gasteiger partial charge in [0.1, 0.15) is 17.1 Å². The predicted molar refractivity (Wildman–Crippen MR) is 236 cm³/mol. The van der Waals surface area contributed by atoms with E-state index in [1.807, 2.05) is 59.1 Å². The van der Waals surface area contributed by atoms with E-state index in [0.29, 0.717) is 5.92 Å². The number of ketones is 1. The Labute approximate surface area is 353 Å². The van der Waals surface area contributed by atoms with Crippen molar-refractivity contribution >= 4 is 48.9 Å². The van der Waals surface area contributed by atoms with Gasteiger partial charge in [-0.1, -0.05) is 117 Å². The molecule has 0 saturated heterocycles. The quantitative estimate of drug-likeness (QED) is 0.0798. The van der Waals surface area contributed by atoms with Crippen LogP contribution in [0.5, 0.6) is 0 Å². The molecule has 0 atom stereocenters. The van der Waals surface area contributed by atoms with Crippen LogP contribution < -0.4 is 0 Å². The Morgan fingerprint density at radius 2 is 1.52 bits per heavy atom. The van der Waals surface area contributed by atoms with Crippen LogP contribution in [0.25, 0.3) is 53.5 Å². The normalized spacial score (nSPS) is 12.6. The SMILES string of the molecule is CCC(C)(CC)C(=O)/C=C(\O)C(C)(CC)CC.Cc1c(-c2cccc3oc(CC(C)C)c(C)c23)sc2c(-c3[c-]c4ccccc4c(C(C)(C)C)c3)nccc12.[Ir]. The zero-order chi connectivity index (χ0) is 40.5. The van der Waals surface area contributed by atoms with Gasteiger partial charge in [0.2, 0.25) is 0 Å². The Bertz CT molecular complexity index is 2340. The molecule has 0 bridgehead atoms. The van der Waals surface area contributed by atoms with Gasteiger partial charge in [0.25, 0.3) is 0 Å². The zero-order valence-corrected chi connectivity index (χ0v) is 39.1. The Morgan fingerprint density at radius 1 is 0.875 bits per heavy atom. The molecule has 6 heteroatoms. The number of carbonyl (C=O) groups is 1. The Kier molecular flexibility index (Phi) is 14.4. The second kappa shape index (κ2) is 17.9. The Hall–Kier alpha value is -3.57. The van der Waals surface area contributed by atoms with Gasteiger partial charge in [0.05, 0.1) is 0 Å². The molecule has 3 aromatic carbocycles. The number of allylic oxidation sites excluding steroid dienone is 2. The van der Waals surface area contributed by atoms with Crippen LogP contribution in [0.3, 0.4) is 0 Å². The van der Waals surface area contributed by atoms with E-state index < -0.39 is 0 Å². The van der Waals surface area contributed by atoms with E-state index in [9.17, 15) is 9.90 Å². The van der Waals surface area contributed by atoms with Crippen molar-refractivity contribution in [3.05, 3.63) is 101 Å². The molecule has 3 heterocycles. The van der Waals surface area contributed by atoms with E-state index in [1.54, 1.807) is 0 Å². The van der Waals surface area contributed by atoms with Gasteiger partial charge in [-0.3, -0.25) is 9.78 Å². The van der Waals surface area contributed by atoms with E-state index in [0.717, 1.165) is 60.1 Å². The van der Waals surface area contributed by atoms with Crippen LogP contribution in [0.1, 0.15) is 124 Å². The first kappa shape index (κ1) is 45.1. The number of hydrogen-bond donors (Lipinski definition) is 1. The molecule has 0 amide bonds. The van der Waals surface area contributed by atoms with Crippen LogP contribution in [0, 0.1) is 36.7 Å². The maximum Gasteiger partial charge on any atom is 0.164 e. The maximum absolute atomic E-state index is 12.2. The molecule has 0 spiro atoms. The first-order chi connectivity index (χ1) is 25.9. The molecule has 0 aliphatic carbocycles. The number of nitrogens with zero attached hydrogens (tertiary/aromatic N) is 1. The minimum Gasteiger partial charge on any atom is -0.512 e. The number of rotatable bonds is 11. The maximum atomic E-state index is 12.2. The van der Waals surface area contributed by atoms with Crippen molar-refractivity contribution in [1.29, 1.82) is 0 Å². The minimum atomic E-state index is -0.337. The summed E-state index contributed by atoms with van der Waals surface area (Å²) in [6.45, 7) is 27.9. The summed E-state index contributed by atoms with van der Waals surface area (Å²) in [4.78, 5) is 18.4. The summed E-state index contributed by atoms with van der Waals surface area (Å²) in [5, 5.41) is 15.0. The summed E-state index contributed by atoms with van der Waals surface area (Å²) in [6, 6.07) is 23.2. The molecular weight excluding hydrogens is 887 g/mol. The molecule has 0 fully saturated rings. The average Bonchev–Trinajstić information content (AvgIpc) is 3.68. The van der Waals surface area contributed by atoms with Gasteiger partial charge < -0.3 is 9.52 Å². The van der Waals surface area contributed by atoms with E-state index >= 15 is 0 Å². The predicted octanol–water partition coefficient (Wildman–Crippen LogP) is 15.1. The number of aryl methyl sites for hydroxylation is 2. The monoisotopic (exact) mass is 949 g/mol. The fourth-order valence-corrected chi connectivity index (χ4v) is 8.70. The molecule has 1 radical (unpaired) electrons. The summed E-state index contributed by atoms with van der Waals surface area (Å²) in [5.41, 5.74) is 7.58. The van der Waals surface area contributed by atoms with Gasteiger partial charge in [0.15, 0.2) is 5.78 Å². The van der Waals surface area contributed by atoms with Gasteiger partial charge in [-0.2, -0.15) is 0 Å². The van der Waals surface area contributed by atoms with Crippen molar-refractivity contribution in [2.45, 2.75) is 128 Å². The third-order valence-corrected chi connectivity index (χ3v) is 13.5. The van der Waals surface area contributed by atoms with E-state index in [2.05, 4.69) is 109 Å². The third kappa shape index (κ3) is 8.94. The molecule has 0 saturated carbocycles. The number of hydrogen-bond acceptors (Lipinski definition) is 5. The summed E-state index contributed by atoms with van der Waals surface area (Å²) in [6.07, 6.45) is 7.66. The number of thiophene rings is 1. The second-order valence-electron chi connectivity index (χ2n) is 17.3. The third-order valence-electron chi connectivity index (χ3n) is 12.2. The molecule has 0 aliphatic heterocycles. The van der Waals surface area contributed by atoms with Crippen molar-refractivity contribution in [3.63, 3.8) is 0 Å². The molecule has 301 valence electrons. The van der Waals surface area contributed by atoms with Gasteiger partial charge in [-0.15, -0.1) is 40.5 Å². The second-order valence-corrected chi connectivity index (χ2v) is 18.4. The van der Waals surface area contributed by atoms with E-state index in [4.69, 9.17) is 9.40 Å². The number of pyridine rings is 1. The Morgan fingerprint density at radius 3 is 2.12 bits per heavy atom. The standard InChI is InChI=1S/C35H34NOS.C15H28O2.Ir/c1-20(2)17-30-22(4)31-27(13-10-14-29(31)37-30)33-21(3)25-15-16-36-32(34(25)38-33)24-18-23-11-8-9-12-26(23)28(19-24)35(5,6)7;1-7-14(5,8-2)12(16)11-13(17)15(6,9-3)10-4;/h8-16,19-20H,17H2,1-7H3;11,16H,7-10H2,1-6H3;/q-1;;/b;12-11-;. The fourth-order valence-electron chi connectivity index (χ4n) is 7.36. The van der Waals surface area contributed by atoms with Crippen LogP contribution in [0.4, 0.5) is 0 Å². The number of aliphatic hydroxyl groups is 1. The summed E-state index contributed by atoms with van der Waals surface area (Å²) >= 11 is 1.84. The topological polar surface area (TPSA) is 63.3 Å². The summed E-state index contributed by atoms with van der Waals surface area (Å²) in [5.74, 6) is 1.94. The van der Waals surface area contributed by atoms with Crippen molar-refractivity contribution < 1.29 is 34.4 Å². The largest absolute Gasteiger partial charge is 0.512 e. The number of fused-ring (bicyclic) bond motifs is 3. The first-order valence-corrected chi connectivity index (χ1v) is 21.0. The van der Waals surface area contributed by atoms with Gasteiger partial charge in [0, 0.05) is 75.8 Å². The number of benzene rings is 3.